The van der Waals surface area contributed by atoms with Gasteiger partial charge in [0, 0.05) is 48.4 Å². The van der Waals surface area contributed by atoms with Gasteiger partial charge in [-0.2, -0.15) is 5.10 Å². The van der Waals surface area contributed by atoms with Crippen LogP contribution in [0.25, 0.3) is 23.1 Å². The number of carbonyl (C=O) groups excluding carboxylic acids is 1. The first-order chi connectivity index (χ1) is 17.2. The molecule has 0 saturated carbocycles. The number of nitrogens with one attached hydrogen (secondary N) is 1. The van der Waals surface area contributed by atoms with Crippen LogP contribution in [0, 0.1) is 0 Å². The number of para-hydroxylation sites is 1. The minimum absolute atomic E-state index is 0.0664. The second-order valence-electron chi connectivity index (χ2n) is 8.94. The van der Waals surface area contributed by atoms with Crippen LogP contribution in [0.15, 0.2) is 66.7 Å². The lowest BCUT2D eigenvalue weighted by Gasteiger charge is -2.41. The van der Waals surface area contributed by atoms with Crippen LogP contribution >= 0.6 is 0 Å². The van der Waals surface area contributed by atoms with Crippen LogP contribution < -0.4 is 14.4 Å². The van der Waals surface area contributed by atoms with Gasteiger partial charge in [-0.3, -0.25) is 9.89 Å². The Morgan fingerprint density at radius 2 is 1.83 bits per heavy atom. The van der Waals surface area contributed by atoms with E-state index < -0.39 is 0 Å². The first kappa shape index (κ1) is 21.3. The van der Waals surface area contributed by atoms with Gasteiger partial charge in [-0.25, -0.2) is 0 Å². The lowest BCUT2D eigenvalue weighted by atomic mass is 10.1. The monoisotopic (exact) mass is 466 g/mol. The molecule has 0 bridgehead atoms. The highest BCUT2D eigenvalue weighted by Gasteiger charge is 2.29. The smallest absolute Gasteiger partial charge is 0.254 e. The third kappa shape index (κ3) is 4.10. The van der Waals surface area contributed by atoms with Gasteiger partial charge in [-0.15, -0.1) is 0 Å². The number of amides is 1. The van der Waals surface area contributed by atoms with Crippen molar-refractivity contribution in [1.82, 2.24) is 15.1 Å². The molecule has 0 radical (unpaired) electrons. The Balaban J connectivity index is 1.11. The molecule has 6 rings (SSSR count). The van der Waals surface area contributed by atoms with Gasteiger partial charge < -0.3 is 19.3 Å². The van der Waals surface area contributed by atoms with Crippen LogP contribution in [0.5, 0.6) is 11.5 Å². The Labute approximate surface area is 203 Å². The first-order valence-corrected chi connectivity index (χ1v) is 11.8. The summed E-state index contributed by atoms with van der Waals surface area (Å²) in [5.74, 6) is 1.63. The minimum Gasteiger partial charge on any atom is -0.454 e. The lowest BCUT2D eigenvalue weighted by Crippen LogP contribution is -2.54. The van der Waals surface area contributed by atoms with E-state index in [2.05, 4.69) is 28.1 Å². The quantitative estimate of drug-likeness (QED) is 0.467. The van der Waals surface area contributed by atoms with Crippen LogP contribution in [-0.2, 0) is 0 Å². The van der Waals surface area contributed by atoms with Crippen molar-refractivity contribution in [3.63, 3.8) is 0 Å². The third-order valence-corrected chi connectivity index (χ3v) is 6.70. The summed E-state index contributed by atoms with van der Waals surface area (Å²) >= 11 is 0. The van der Waals surface area contributed by atoms with Crippen molar-refractivity contribution in [3.05, 3.63) is 83.6 Å². The topological polar surface area (TPSA) is 70.7 Å². The molecule has 1 aromatic heterocycles. The van der Waals surface area contributed by atoms with E-state index in [0.717, 1.165) is 52.4 Å². The molecule has 2 aliphatic heterocycles. The molecule has 1 fully saturated rings. The number of carbonyl (C=O) groups is 1. The zero-order valence-electron chi connectivity index (χ0n) is 19.5. The van der Waals surface area contributed by atoms with Crippen molar-refractivity contribution in [3.8, 4) is 11.5 Å². The SMILES string of the molecule is CC1CN(c2ccc3c(c2)OCO3)CCN1C(=O)c1ccc(/C=C/c2n[nH]c3ccccc23)cc1. The summed E-state index contributed by atoms with van der Waals surface area (Å²) in [6.07, 6.45) is 4.01. The molecular formula is C28H26N4O3. The van der Waals surface area contributed by atoms with Crippen molar-refractivity contribution in [2.75, 3.05) is 31.3 Å². The van der Waals surface area contributed by atoms with Crippen molar-refractivity contribution >= 4 is 34.6 Å². The number of fused-ring (bicyclic) bond motifs is 2. The fourth-order valence-corrected chi connectivity index (χ4v) is 4.77. The number of hydrogen-bond donors (Lipinski definition) is 1. The van der Waals surface area contributed by atoms with Gasteiger partial charge in [0.2, 0.25) is 6.79 Å². The number of rotatable bonds is 4. The lowest BCUT2D eigenvalue weighted by molar-refractivity contribution is 0.0674. The maximum absolute atomic E-state index is 13.2. The van der Waals surface area contributed by atoms with E-state index in [1.54, 1.807) is 0 Å². The van der Waals surface area contributed by atoms with Gasteiger partial charge in [0.05, 0.1) is 11.2 Å². The third-order valence-electron chi connectivity index (χ3n) is 6.70. The number of piperazine rings is 1. The Hall–Kier alpha value is -4.26. The number of hydrogen-bond acceptors (Lipinski definition) is 5. The minimum atomic E-state index is 0.0664. The fraction of sp³-hybridized carbons (Fsp3) is 0.214. The van der Waals surface area contributed by atoms with E-state index in [9.17, 15) is 4.79 Å². The molecule has 2 aliphatic rings. The summed E-state index contributed by atoms with van der Waals surface area (Å²) < 4.78 is 10.9. The standard InChI is InChI=1S/C28H26N4O3/c1-19-17-31(22-11-13-26-27(16-22)35-18-34-26)14-15-32(19)28(33)21-9-6-20(7-10-21)8-12-25-23-4-2-3-5-24(23)29-30-25/h2-13,16,19H,14-15,17-18H2,1H3,(H,29,30)/b12-8+. The van der Waals surface area contributed by atoms with E-state index in [4.69, 9.17) is 9.47 Å². The molecule has 0 aliphatic carbocycles. The largest absolute Gasteiger partial charge is 0.454 e. The molecule has 7 heteroatoms. The molecule has 7 nitrogen and oxygen atoms in total. The number of ether oxygens (including phenoxy) is 2. The number of anilines is 1. The van der Waals surface area contributed by atoms with Crippen LogP contribution in [0.1, 0.15) is 28.5 Å². The summed E-state index contributed by atoms with van der Waals surface area (Å²) in [5, 5.41) is 8.51. The van der Waals surface area contributed by atoms with E-state index in [0.29, 0.717) is 12.1 Å². The molecular weight excluding hydrogens is 440 g/mol. The molecule has 1 atom stereocenters. The Kier molecular flexibility index (Phi) is 5.37. The summed E-state index contributed by atoms with van der Waals surface area (Å²) in [6, 6.07) is 21.9. The number of aromatic nitrogens is 2. The molecule has 0 spiro atoms. The molecule has 1 unspecified atom stereocenters. The number of benzene rings is 3. The molecule has 1 saturated heterocycles. The Morgan fingerprint density at radius 3 is 2.69 bits per heavy atom. The van der Waals surface area contributed by atoms with Gasteiger partial charge >= 0.3 is 0 Å². The zero-order chi connectivity index (χ0) is 23.8. The molecule has 1 amide bonds. The maximum atomic E-state index is 13.2. The van der Waals surface area contributed by atoms with E-state index in [1.165, 1.54) is 0 Å². The van der Waals surface area contributed by atoms with Gasteiger partial charge in [0.25, 0.3) is 5.91 Å². The first-order valence-electron chi connectivity index (χ1n) is 11.8. The number of H-pyrrole nitrogens is 1. The maximum Gasteiger partial charge on any atom is 0.254 e. The molecule has 176 valence electrons. The number of aromatic amines is 1. The predicted molar refractivity (Wildman–Crippen MR) is 137 cm³/mol. The summed E-state index contributed by atoms with van der Waals surface area (Å²) in [6.45, 7) is 4.58. The van der Waals surface area contributed by atoms with Crippen molar-refractivity contribution in [1.29, 1.82) is 0 Å². The highest BCUT2D eigenvalue weighted by atomic mass is 16.7. The molecule has 4 aromatic rings. The van der Waals surface area contributed by atoms with Crippen molar-refractivity contribution < 1.29 is 14.3 Å². The van der Waals surface area contributed by atoms with Crippen molar-refractivity contribution in [2.45, 2.75) is 13.0 Å². The van der Waals surface area contributed by atoms with Crippen LogP contribution in [0.2, 0.25) is 0 Å². The van der Waals surface area contributed by atoms with E-state index in [1.807, 2.05) is 77.7 Å². The van der Waals surface area contributed by atoms with Crippen LogP contribution in [0.4, 0.5) is 5.69 Å². The van der Waals surface area contributed by atoms with E-state index >= 15 is 0 Å². The molecule has 35 heavy (non-hydrogen) atoms. The second-order valence-corrected chi connectivity index (χ2v) is 8.94. The van der Waals surface area contributed by atoms with Crippen molar-refractivity contribution in [2.24, 2.45) is 0 Å². The Bertz CT molecular complexity index is 1410. The molecule has 1 N–H and O–H groups in total. The highest BCUT2D eigenvalue weighted by Crippen LogP contribution is 2.36. The normalized spacial score (nSPS) is 17.5. The zero-order valence-corrected chi connectivity index (χ0v) is 19.5. The van der Waals surface area contributed by atoms with Gasteiger partial charge in [-0.05, 0) is 48.9 Å². The summed E-state index contributed by atoms with van der Waals surface area (Å²) in [5.41, 5.74) is 4.73. The van der Waals surface area contributed by atoms with Gasteiger partial charge in [0.15, 0.2) is 11.5 Å². The van der Waals surface area contributed by atoms with Gasteiger partial charge in [0.1, 0.15) is 0 Å². The Morgan fingerprint density at radius 1 is 1.00 bits per heavy atom. The molecule has 3 aromatic carbocycles. The molecule has 3 heterocycles. The average molecular weight is 467 g/mol. The number of nitrogens with zero attached hydrogens (tertiary/aromatic N) is 3. The van der Waals surface area contributed by atoms with Gasteiger partial charge in [-0.1, -0.05) is 36.4 Å². The van der Waals surface area contributed by atoms with Crippen LogP contribution in [-0.4, -0.2) is 53.5 Å². The summed E-state index contributed by atoms with van der Waals surface area (Å²) in [4.78, 5) is 17.5. The van der Waals surface area contributed by atoms with E-state index in [-0.39, 0.29) is 18.7 Å². The van der Waals surface area contributed by atoms with Crippen LogP contribution in [0.3, 0.4) is 0 Å². The predicted octanol–water partition coefficient (Wildman–Crippen LogP) is 4.81. The fourth-order valence-electron chi connectivity index (χ4n) is 4.77. The average Bonchev–Trinajstić information content (AvgIpc) is 3.54. The second kappa shape index (κ2) is 8.83. The summed E-state index contributed by atoms with van der Waals surface area (Å²) in [7, 11) is 0. The highest BCUT2D eigenvalue weighted by molar-refractivity contribution is 5.95.